The first-order valence-electron chi connectivity index (χ1n) is 7.62. The number of carbonyl (C=O) groups excluding carboxylic acids is 1. The van der Waals surface area contributed by atoms with Crippen LogP contribution >= 0.6 is 0 Å². The number of amides is 1. The molecular formula is C16H22N4O. The Morgan fingerprint density at radius 1 is 1.29 bits per heavy atom. The Kier molecular flexibility index (Phi) is 4.08. The molecule has 1 aromatic rings. The first-order valence-corrected chi connectivity index (χ1v) is 7.62. The van der Waals surface area contributed by atoms with Crippen molar-refractivity contribution >= 4 is 11.9 Å². The molecule has 2 aliphatic heterocycles. The molecule has 1 N–H and O–H groups in total. The summed E-state index contributed by atoms with van der Waals surface area (Å²) in [5.74, 6) is 1.10. The number of benzene rings is 1. The Hall–Kier alpha value is -2.04. The highest BCUT2D eigenvalue weighted by molar-refractivity contribution is 5.96. The summed E-state index contributed by atoms with van der Waals surface area (Å²) < 4.78 is 0. The van der Waals surface area contributed by atoms with E-state index in [1.54, 1.807) is 0 Å². The molecule has 2 heterocycles. The summed E-state index contributed by atoms with van der Waals surface area (Å²) in [4.78, 5) is 21.0. The number of hydrogen-bond donors (Lipinski definition) is 1. The van der Waals surface area contributed by atoms with Gasteiger partial charge in [0.05, 0.1) is 0 Å². The molecule has 2 aliphatic rings. The molecule has 1 amide bonds. The Bertz CT molecular complexity index is 555. The molecule has 112 valence electrons. The molecule has 5 nitrogen and oxygen atoms in total. The summed E-state index contributed by atoms with van der Waals surface area (Å²) >= 11 is 0. The van der Waals surface area contributed by atoms with Crippen LogP contribution < -0.4 is 5.32 Å². The molecule has 0 saturated heterocycles. The standard InChI is InChI=1S/C16H22N4O/c1-19-10-4-8-17-16(19)18-9-12-20-11-7-13-5-2-3-6-14(13)15(20)21/h2-3,5-6H,4,7-12H2,1H3,(H,17,18). The number of nitrogens with one attached hydrogen (secondary N) is 1. The second-order valence-electron chi connectivity index (χ2n) is 5.61. The van der Waals surface area contributed by atoms with E-state index >= 15 is 0 Å². The van der Waals surface area contributed by atoms with Gasteiger partial charge in [-0.3, -0.25) is 9.79 Å². The number of rotatable bonds is 3. The highest BCUT2D eigenvalue weighted by atomic mass is 16.2. The SMILES string of the molecule is CN1CCCN=C1NCCN1CCc2ccccc2C1=O. The van der Waals surface area contributed by atoms with Crippen LogP contribution in [0.5, 0.6) is 0 Å². The third-order valence-electron chi connectivity index (χ3n) is 4.13. The van der Waals surface area contributed by atoms with Gasteiger partial charge in [-0.1, -0.05) is 18.2 Å². The lowest BCUT2D eigenvalue weighted by atomic mass is 9.99. The zero-order chi connectivity index (χ0) is 14.7. The van der Waals surface area contributed by atoms with Gasteiger partial charge in [-0.25, -0.2) is 0 Å². The van der Waals surface area contributed by atoms with Crippen molar-refractivity contribution in [2.75, 3.05) is 39.8 Å². The Labute approximate surface area is 125 Å². The molecule has 0 fully saturated rings. The summed E-state index contributed by atoms with van der Waals surface area (Å²) in [6.07, 6.45) is 2.06. The number of fused-ring (bicyclic) bond motifs is 1. The third kappa shape index (κ3) is 3.01. The highest BCUT2D eigenvalue weighted by Gasteiger charge is 2.23. The van der Waals surface area contributed by atoms with E-state index in [2.05, 4.69) is 21.3 Å². The van der Waals surface area contributed by atoms with Gasteiger partial charge in [0.15, 0.2) is 5.96 Å². The zero-order valence-corrected chi connectivity index (χ0v) is 12.5. The monoisotopic (exact) mass is 286 g/mol. The second-order valence-corrected chi connectivity index (χ2v) is 5.61. The predicted octanol–water partition coefficient (Wildman–Crippen LogP) is 0.966. The smallest absolute Gasteiger partial charge is 0.254 e. The topological polar surface area (TPSA) is 47.9 Å². The fourth-order valence-corrected chi connectivity index (χ4v) is 2.90. The second kappa shape index (κ2) is 6.16. The Morgan fingerprint density at radius 2 is 2.14 bits per heavy atom. The van der Waals surface area contributed by atoms with Crippen LogP contribution in [0.1, 0.15) is 22.3 Å². The molecule has 0 atom stereocenters. The molecule has 0 aromatic heterocycles. The number of aliphatic imine (C=N–C) groups is 1. The minimum Gasteiger partial charge on any atom is -0.354 e. The van der Waals surface area contributed by atoms with Crippen molar-refractivity contribution in [3.05, 3.63) is 35.4 Å². The highest BCUT2D eigenvalue weighted by Crippen LogP contribution is 2.17. The van der Waals surface area contributed by atoms with E-state index in [9.17, 15) is 4.79 Å². The molecule has 3 rings (SSSR count). The quantitative estimate of drug-likeness (QED) is 0.900. The molecule has 5 heteroatoms. The fraction of sp³-hybridized carbons (Fsp3) is 0.500. The van der Waals surface area contributed by atoms with Crippen molar-refractivity contribution in [3.63, 3.8) is 0 Å². The normalized spacial score (nSPS) is 18.3. The van der Waals surface area contributed by atoms with Gasteiger partial charge in [-0.15, -0.1) is 0 Å². The van der Waals surface area contributed by atoms with E-state index in [0.29, 0.717) is 0 Å². The lowest BCUT2D eigenvalue weighted by Gasteiger charge is -2.30. The molecule has 0 spiro atoms. The predicted molar refractivity (Wildman–Crippen MR) is 83.6 cm³/mol. The van der Waals surface area contributed by atoms with Gasteiger partial charge in [0.25, 0.3) is 5.91 Å². The molecule has 0 radical (unpaired) electrons. The van der Waals surface area contributed by atoms with Gasteiger partial charge in [0.1, 0.15) is 0 Å². The first kappa shape index (κ1) is 13.9. The molecule has 0 bridgehead atoms. The lowest BCUT2D eigenvalue weighted by molar-refractivity contribution is 0.0742. The summed E-state index contributed by atoms with van der Waals surface area (Å²) in [6, 6.07) is 7.91. The van der Waals surface area contributed by atoms with Crippen LogP contribution in [0.2, 0.25) is 0 Å². The molecule has 1 aromatic carbocycles. The molecule has 21 heavy (non-hydrogen) atoms. The summed E-state index contributed by atoms with van der Waals surface area (Å²) in [7, 11) is 2.05. The van der Waals surface area contributed by atoms with Crippen LogP contribution in [0, 0.1) is 0 Å². The number of hydrogen-bond acceptors (Lipinski definition) is 4. The Balaban J connectivity index is 1.55. The van der Waals surface area contributed by atoms with Crippen molar-refractivity contribution in [1.29, 1.82) is 0 Å². The molecule has 0 unspecified atom stereocenters. The van der Waals surface area contributed by atoms with Gasteiger partial charge in [-0.05, 0) is 24.5 Å². The zero-order valence-electron chi connectivity index (χ0n) is 12.5. The van der Waals surface area contributed by atoms with Crippen LogP contribution in [-0.2, 0) is 6.42 Å². The maximum atomic E-state index is 12.4. The van der Waals surface area contributed by atoms with Crippen molar-refractivity contribution in [1.82, 2.24) is 15.1 Å². The van der Waals surface area contributed by atoms with Gasteiger partial charge in [0.2, 0.25) is 0 Å². The average Bonchev–Trinajstić information content (AvgIpc) is 2.52. The van der Waals surface area contributed by atoms with Crippen molar-refractivity contribution in [2.24, 2.45) is 4.99 Å². The van der Waals surface area contributed by atoms with E-state index in [0.717, 1.165) is 57.1 Å². The van der Waals surface area contributed by atoms with E-state index in [-0.39, 0.29) is 5.91 Å². The summed E-state index contributed by atoms with van der Waals surface area (Å²) in [6.45, 7) is 4.21. The van der Waals surface area contributed by atoms with Crippen molar-refractivity contribution < 1.29 is 4.79 Å². The summed E-state index contributed by atoms with van der Waals surface area (Å²) in [5, 5.41) is 3.35. The number of nitrogens with zero attached hydrogens (tertiary/aromatic N) is 3. The number of guanidine groups is 1. The molecular weight excluding hydrogens is 264 g/mol. The largest absolute Gasteiger partial charge is 0.354 e. The van der Waals surface area contributed by atoms with Crippen molar-refractivity contribution in [2.45, 2.75) is 12.8 Å². The van der Waals surface area contributed by atoms with E-state index in [1.165, 1.54) is 5.56 Å². The lowest BCUT2D eigenvalue weighted by Crippen LogP contribution is -2.46. The van der Waals surface area contributed by atoms with E-state index in [1.807, 2.05) is 30.1 Å². The van der Waals surface area contributed by atoms with Gasteiger partial charge in [0, 0.05) is 45.3 Å². The fourth-order valence-electron chi connectivity index (χ4n) is 2.90. The minimum absolute atomic E-state index is 0.151. The van der Waals surface area contributed by atoms with E-state index in [4.69, 9.17) is 0 Å². The van der Waals surface area contributed by atoms with Crippen LogP contribution in [0.4, 0.5) is 0 Å². The van der Waals surface area contributed by atoms with Crippen LogP contribution in [-0.4, -0.2) is 61.4 Å². The first-order chi connectivity index (χ1) is 10.3. The maximum Gasteiger partial charge on any atom is 0.254 e. The molecule has 0 aliphatic carbocycles. The maximum absolute atomic E-state index is 12.4. The van der Waals surface area contributed by atoms with Crippen molar-refractivity contribution in [3.8, 4) is 0 Å². The summed E-state index contributed by atoms with van der Waals surface area (Å²) in [5.41, 5.74) is 2.03. The third-order valence-corrected chi connectivity index (χ3v) is 4.13. The molecule has 0 saturated carbocycles. The van der Waals surface area contributed by atoms with Crippen LogP contribution in [0.25, 0.3) is 0 Å². The number of carbonyl (C=O) groups is 1. The van der Waals surface area contributed by atoms with E-state index < -0.39 is 0 Å². The van der Waals surface area contributed by atoms with Gasteiger partial charge < -0.3 is 15.1 Å². The van der Waals surface area contributed by atoms with Crippen LogP contribution in [0.3, 0.4) is 0 Å². The van der Waals surface area contributed by atoms with Gasteiger partial charge in [-0.2, -0.15) is 0 Å². The average molecular weight is 286 g/mol. The Morgan fingerprint density at radius 3 is 3.00 bits per heavy atom. The van der Waals surface area contributed by atoms with Crippen LogP contribution in [0.15, 0.2) is 29.3 Å². The minimum atomic E-state index is 0.151. The van der Waals surface area contributed by atoms with Gasteiger partial charge >= 0.3 is 0 Å².